The number of fused-ring (bicyclic) bond motifs is 1. The number of ether oxygens (including phenoxy) is 2. The van der Waals surface area contributed by atoms with Crippen molar-refractivity contribution in [1.29, 1.82) is 10.5 Å². The molecule has 0 spiro atoms. The number of nitrogens with zero attached hydrogens (tertiary/aromatic N) is 3. The van der Waals surface area contributed by atoms with Crippen molar-refractivity contribution in [3.63, 3.8) is 0 Å². The van der Waals surface area contributed by atoms with Crippen LogP contribution in [0.15, 0.2) is 48.0 Å². The molecule has 0 bridgehead atoms. The SMILES string of the molecule is CCOc1cc(/C=C(\C#N)C(=O)Nc2sc3c(c2C#N)CCCC3)ccc1OCc1ccc([N+](=O)[O-])cc1. The predicted molar refractivity (Wildman–Crippen MR) is 143 cm³/mol. The molecule has 4 rings (SSSR count). The van der Waals surface area contributed by atoms with Crippen molar-refractivity contribution in [2.45, 2.75) is 39.2 Å². The second-order valence-corrected chi connectivity index (χ2v) is 9.61. The van der Waals surface area contributed by atoms with Gasteiger partial charge in [-0.25, -0.2) is 0 Å². The minimum atomic E-state index is -0.584. The highest BCUT2D eigenvalue weighted by Crippen LogP contribution is 2.38. The molecule has 0 aliphatic heterocycles. The summed E-state index contributed by atoms with van der Waals surface area (Å²) in [4.78, 5) is 24.4. The largest absolute Gasteiger partial charge is 0.490 e. The minimum Gasteiger partial charge on any atom is -0.490 e. The number of rotatable bonds is 9. The smallest absolute Gasteiger partial charge is 0.269 e. The molecule has 10 heteroatoms. The molecule has 1 N–H and O–H groups in total. The fourth-order valence-electron chi connectivity index (χ4n) is 4.13. The Hall–Kier alpha value is -4.67. The number of carbonyl (C=O) groups is 1. The topological polar surface area (TPSA) is 138 Å². The van der Waals surface area contributed by atoms with Gasteiger partial charge in [-0.05, 0) is 79.6 Å². The van der Waals surface area contributed by atoms with Crippen LogP contribution in [-0.4, -0.2) is 17.4 Å². The Labute approximate surface area is 223 Å². The van der Waals surface area contributed by atoms with Gasteiger partial charge in [0.1, 0.15) is 29.3 Å². The van der Waals surface area contributed by atoms with Gasteiger partial charge in [-0.2, -0.15) is 10.5 Å². The molecular weight excluding hydrogens is 504 g/mol. The van der Waals surface area contributed by atoms with Crippen molar-refractivity contribution in [3.05, 3.63) is 85.3 Å². The van der Waals surface area contributed by atoms with Gasteiger partial charge in [0, 0.05) is 17.0 Å². The molecule has 0 atom stereocenters. The summed E-state index contributed by atoms with van der Waals surface area (Å²) in [7, 11) is 0. The quantitative estimate of drug-likeness (QED) is 0.157. The van der Waals surface area contributed by atoms with E-state index in [0.717, 1.165) is 41.7 Å². The summed E-state index contributed by atoms with van der Waals surface area (Å²) >= 11 is 1.40. The van der Waals surface area contributed by atoms with E-state index in [2.05, 4.69) is 11.4 Å². The number of amides is 1. The van der Waals surface area contributed by atoms with Gasteiger partial charge in [0.25, 0.3) is 11.6 Å². The van der Waals surface area contributed by atoms with Crippen molar-refractivity contribution < 1.29 is 19.2 Å². The molecule has 0 saturated heterocycles. The number of hydrogen-bond acceptors (Lipinski definition) is 8. The first kappa shape index (κ1) is 26.4. The fourth-order valence-corrected chi connectivity index (χ4v) is 5.37. The van der Waals surface area contributed by atoms with E-state index < -0.39 is 10.8 Å². The number of thiophene rings is 1. The van der Waals surface area contributed by atoms with Crippen LogP contribution in [0.3, 0.4) is 0 Å². The molecule has 1 aliphatic rings. The number of nitro benzene ring substituents is 1. The first-order chi connectivity index (χ1) is 18.4. The van der Waals surface area contributed by atoms with Crippen LogP contribution in [0.5, 0.6) is 11.5 Å². The number of carbonyl (C=O) groups excluding carboxylic acids is 1. The lowest BCUT2D eigenvalue weighted by Crippen LogP contribution is -2.13. The zero-order valence-electron chi connectivity index (χ0n) is 20.7. The Morgan fingerprint density at radius 2 is 1.89 bits per heavy atom. The number of nitrogens with one attached hydrogen (secondary N) is 1. The Kier molecular flexibility index (Phi) is 8.37. The van der Waals surface area contributed by atoms with Gasteiger partial charge in [-0.1, -0.05) is 6.07 Å². The van der Waals surface area contributed by atoms with Gasteiger partial charge < -0.3 is 14.8 Å². The van der Waals surface area contributed by atoms with Crippen LogP contribution >= 0.6 is 11.3 Å². The van der Waals surface area contributed by atoms with Crippen molar-refractivity contribution in [3.8, 4) is 23.6 Å². The number of nitro groups is 1. The van der Waals surface area contributed by atoms with E-state index in [1.165, 1.54) is 29.5 Å². The zero-order chi connectivity index (χ0) is 27.1. The number of nitriles is 2. The molecule has 1 heterocycles. The summed E-state index contributed by atoms with van der Waals surface area (Å²) < 4.78 is 11.6. The second kappa shape index (κ2) is 12.0. The molecule has 38 heavy (non-hydrogen) atoms. The number of aryl methyl sites for hydroxylation is 1. The van der Waals surface area contributed by atoms with Crippen LogP contribution < -0.4 is 14.8 Å². The van der Waals surface area contributed by atoms with Crippen molar-refractivity contribution in [2.24, 2.45) is 0 Å². The van der Waals surface area contributed by atoms with E-state index in [1.54, 1.807) is 30.3 Å². The molecule has 0 radical (unpaired) electrons. The van der Waals surface area contributed by atoms with Crippen LogP contribution in [0.1, 0.15) is 46.9 Å². The molecule has 9 nitrogen and oxygen atoms in total. The van der Waals surface area contributed by atoms with E-state index in [4.69, 9.17) is 9.47 Å². The molecule has 0 unspecified atom stereocenters. The normalized spacial score (nSPS) is 12.6. The van der Waals surface area contributed by atoms with Crippen LogP contribution in [0.4, 0.5) is 10.7 Å². The van der Waals surface area contributed by atoms with E-state index in [1.807, 2.05) is 13.0 Å². The monoisotopic (exact) mass is 528 g/mol. The number of hydrogen-bond donors (Lipinski definition) is 1. The molecule has 0 saturated carbocycles. The molecule has 2 aromatic carbocycles. The average Bonchev–Trinajstić information content (AvgIpc) is 3.28. The Balaban J connectivity index is 1.51. The van der Waals surface area contributed by atoms with Gasteiger partial charge in [-0.3, -0.25) is 14.9 Å². The van der Waals surface area contributed by atoms with Crippen LogP contribution in [0, 0.1) is 32.8 Å². The maximum Gasteiger partial charge on any atom is 0.269 e. The summed E-state index contributed by atoms with van der Waals surface area (Å²) in [5, 5.41) is 33.4. The molecular formula is C28H24N4O5S. The average molecular weight is 529 g/mol. The lowest BCUT2D eigenvalue weighted by Gasteiger charge is -2.13. The predicted octanol–water partition coefficient (Wildman–Crippen LogP) is 5.93. The molecule has 1 aliphatic carbocycles. The minimum absolute atomic E-state index is 0.000227. The fraction of sp³-hybridized carbons (Fsp3) is 0.250. The third-order valence-electron chi connectivity index (χ3n) is 6.00. The Morgan fingerprint density at radius 1 is 1.13 bits per heavy atom. The van der Waals surface area contributed by atoms with E-state index in [0.29, 0.717) is 34.2 Å². The third-order valence-corrected chi connectivity index (χ3v) is 7.20. The van der Waals surface area contributed by atoms with E-state index in [9.17, 15) is 25.4 Å². The number of non-ortho nitro benzene ring substituents is 1. The summed E-state index contributed by atoms with van der Waals surface area (Å²) in [5.41, 5.74) is 2.70. The van der Waals surface area contributed by atoms with Gasteiger partial charge >= 0.3 is 0 Å². The lowest BCUT2D eigenvalue weighted by molar-refractivity contribution is -0.384. The molecule has 1 amide bonds. The summed E-state index contributed by atoms with van der Waals surface area (Å²) in [6.07, 6.45) is 5.25. The van der Waals surface area contributed by atoms with Gasteiger partial charge in [0.15, 0.2) is 11.5 Å². The standard InChI is InChI=1S/C28H24N4O5S/c1-2-36-25-14-19(9-12-24(25)37-17-18-7-10-21(11-8-18)32(34)35)13-20(15-29)27(33)31-28-23(16-30)22-5-3-4-6-26(22)38-28/h7-14H,2-6,17H2,1H3,(H,31,33)/b20-13+. The number of anilines is 1. The summed E-state index contributed by atoms with van der Waals surface area (Å²) in [6, 6.07) is 15.3. The van der Waals surface area contributed by atoms with Crippen LogP contribution in [0.25, 0.3) is 6.08 Å². The lowest BCUT2D eigenvalue weighted by atomic mass is 9.96. The molecule has 192 valence electrons. The van der Waals surface area contributed by atoms with Crippen molar-refractivity contribution in [2.75, 3.05) is 11.9 Å². The highest BCUT2D eigenvalue weighted by molar-refractivity contribution is 7.16. The van der Waals surface area contributed by atoms with Crippen molar-refractivity contribution in [1.82, 2.24) is 0 Å². The maximum absolute atomic E-state index is 12.9. The second-order valence-electron chi connectivity index (χ2n) is 8.50. The van der Waals surface area contributed by atoms with Crippen molar-refractivity contribution >= 4 is 34.0 Å². The highest BCUT2D eigenvalue weighted by Gasteiger charge is 2.23. The molecule has 3 aromatic rings. The zero-order valence-corrected chi connectivity index (χ0v) is 21.5. The molecule has 0 fully saturated rings. The van der Waals surface area contributed by atoms with Crippen LogP contribution in [0.2, 0.25) is 0 Å². The van der Waals surface area contributed by atoms with E-state index in [-0.39, 0.29) is 17.9 Å². The Morgan fingerprint density at radius 3 is 2.58 bits per heavy atom. The third kappa shape index (κ3) is 6.00. The molecule has 1 aromatic heterocycles. The first-order valence-corrected chi connectivity index (χ1v) is 12.9. The van der Waals surface area contributed by atoms with E-state index >= 15 is 0 Å². The summed E-state index contributed by atoms with van der Waals surface area (Å²) in [6.45, 7) is 2.36. The summed E-state index contributed by atoms with van der Waals surface area (Å²) in [5.74, 6) is 0.297. The maximum atomic E-state index is 12.9. The first-order valence-electron chi connectivity index (χ1n) is 12.0. The van der Waals surface area contributed by atoms with Gasteiger partial charge in [0.2, 0.25) is 0 Å². The van der Waals surface area contributed by atoms with Gasteiger partial charge in [-0.15, -0.1) is 11.3 Å². The Bertz CT molecular complexity index is 1480. The van der Waals surface area contributed by atoms with Gasteiger partial charge in [0.05, 0.1) is 17.1 Å². The van der Waals surface area contributed by atoms with Crippen LogP contribution in [-0.2, 0) is 24.2 Å². The highest BCUT2D eigenvalue weighted by atomic mass is 32.1. The number of benzene rings is 2.